The summed E-state index contributed by atoms with van der Waals surface area (Å²) < 4.78 is 10.1. The zero-order valence-corrected chi connectivity index (χ0v) is 9.66. The van der Waals surface area contributed by atoms with Crippen LogP contribution in [0, 0.1) is 0 Å². The quantitative estimate of drug-likeness (QED) is 0.640. The lowest BCUT2D eigenvalue weighted by atomic mass is 10.2. The molecule has 1 rings (SSSR count). The topological polar surface area (TPSA) is 50.8 Å². The number of carbonyl (C=O) groups is 1. The third-order valence-electron chi connectivity index (χ3n) is 2.60. The van der Waals surface area contributed by atoms with Crippen LogP contribution in [-0.4, -0.2) is 63.4 Å². The van der Waals surface area contributed by atoms with Crippen LogP contribution in [0.4, 0.5) is 0 Å². The Morgan fingerprint density at radius 1 is 1.73 bits per heavy atom. The molecule has 0 bridgehead atoms. The minimum atomic E-state index is -0.250. The van der Waals surface area contributed by atoms with Gasteiger partial charge in [0.2, 0.25) is 0 Å². The standard InChI is InChI=1S/C10H20N2O3/c1-8-6-12(4-5-15-8)7-9(11-2)10(13)14-3/h8-9,11H,4-7H2,1-3H3. The summed E-state index contributed by atoms with van der Waals surface area (Å²) in [7, 11) is 3.18. The van der Waals surface area contributed by atoms with E-state index in [1.54, 1.807) is 7.05 Å². The Morgan fingerprint density at radius 3 is 3.00 bits per heavy atom. The number of esters is 1. The van der Waals surface area contributed by atoms with E-state index in [-0.39, 0.29) is 18.1 Å². The summed E-state index contributed by atoms with van der Waals surface area (Å²) in [6, 6.07) is -0.250. The van der Waals surface area contributed by atoms with Crippen LogP contribution < -0.4 is 5.32 Å². The number of rotatable bonds is 4. The van der Waals surface area contributed by atoms with Gasteiger partial charge < -0.3 is 14.8 Å². The van der Waals surface area contributed by atoms with Crippen molar-refractivity contribution >= 4 is 5.97 Å². The van der Waals surface area contributed by atoms with E-state index in [2.05, 4.69) is 10.2 Å². The van der Waals surface area contributed by atoms with Gasteiger partial charge in [-0.1, -0.05) is 0 Å². The van der Waals surface area contributed by atoms with Crippen molar-refractivity contribution in [3.63, 3.8) is 0 Å². The number of hydrogen-bond acceptors (Lipinski definition) is 5. The van der Waals surface area contributed by atoms with Crippen molar-refractivity contribution in [1.82, 2.24) is 10.2 Å². The minimum absolute atomic E-state index is 0.211. The van der Waals surface area contributed by atoms with E-state index in [9.17, 15) is 4.79 Å². The molecule has 0 amide bonds. The SMILES string of the molecule is CNC(CN1CCOC(C)C1)C(=O)OC. The third kappa shape index (κ3) is 3.77. The molecule has 0 radical (unpaired) electrons. The molecular weight excluding hydrogens is 196 g/mol. The molecular formula is C10H20N2O3. The van der Waals surface area contributed by atoms with Gasteiger partial charge in [0.1, 0.15) is 6.04 Å². The second-order valence-corrected chi connectivity index (χ2v) is 3.81. The molecule has 1 heterocycles. The smallest absolute Gasteiger partial charge is 0.324 e. The Bertz CT molecular complexity index is 211. The number of ether oxygens (including phenoxy) is 2. The molecule has 0 aromatic rings. The predicted molar refractivity (Wildman–Crippen MR) is 56.7 cm³/mol. The summed E-state index contributed by atoms with van der Waals surface area (Å²) in [5, 5.41) is 2.96. The lowest BCUT2D eigenvalue weighted by Crippen LogP contribution is -2.50. The molecule has 1 fully saturated rings. The van der Waals surface area contributed by atoms with Gasteiger partial charge in [-0.25, -0.2) is 0 Å². The average Bonchev–Trinajstić information content (AvgIpc) is 2.25. The molecule has 1 aliphatic rings. The number of likely N-dealkylation sites (N-methyl/N-ethyl adjacent to an activating group) is 1. The van der Waals surface area contributed by atoms with Crippen molar-refractivity contribution in [3.05, 3.63) is 0 Å². The van der Waals surface area contributed by atoms with Gasteiger partial charge in [0.15, 0.2) is 0 Å². The normalized spacial score (nSPS) is 24.9. The highest BCUT2D eigenvalue weighted by Crippen LogP contribution is 2.05. The van der Waals surface area contributed by atoms with Crippen molar-refractivity contribution in [2.75, 3.05) is 40.4 Å². The van der Waals surface area contributed by atoms with Gasteiger partial charge in [-0.3, -0.25) is 9.69 Å². The van der Waals surface area contributed by atoms with E-state index in [0.717, 1.165) is 19.7 Å². The molecule has 1 aliphatic heterocycles. The second kappa shape index (κ2) is 6.05. The van der Waals surface area contributed by atoms with Gasteiger partial charge in [-0.15, -0.1) is 0 Å². The van der Waals surface area contributed by atoms with Gasteiger partial charge in [-0.05, 0) is 14.0 Å². The van der Waals surface area contributed by atoms with Gasteiger partial charge in [0.05, 0.1) is 19.8 Å². The zero-order valence-electron chi connectivity index (χ0n) is 9.66. The van der Waals surface area contributed by atoms with Crippen molar-refractivity contribution in [3.8, 4) is 0 Å². The lowest BCUT2D eigenvalue weighted by Gasteiger charge is -2.32. The number of nitrogens with one attached hydrogen (secondary N) is 1. The maximum Gasteiger partial charge on any atom is 0.324 e. The highest BCUT2D eigenvalue weighted by Gasteiger charge is 2.23. The molecule has 0 aromatic carbocycles. The maximum atomic E-state index is 11.4. The molecule has 5 heteroatoms. The molecule has 1 N–H and O–H groups in total. The number of hydrogen-bond donors (Lipinski definition) is 1. The lowest BCUT2D eigenvalue weighted by molar-refractivity contribution is -0.144. The molecule has 2 unspecified atom stereocenters. The van der Waals surface area contributed by atoms with E-state index in [1.165, 1.54) is 7.11 Å². The van der Waals surface area contributed by atoms with Crippen LogP contribution in [0.15, 0.2) is 0 Å². The molecule has 88 valence electrons. The predicted octanol–water partition coefficient (Wildman–Crippen LogP) is -0.532. The fourth-order valence-corrected chi connectivity index (χ4v) is 1.74. The van der Waals surface area contributed by atoms with Crippen LogP contribution in [-0.2, 0) is 14.3 Å². The Balaban J connectivity index is 2.40. The van der Waals surface area contributed by atoms with Gasteiger partial charge in [0.25, 0.3) is 0 Å². The Morgan fingerprint density at radius 2 is 2.47 bits per heavy atom. The van der Waals surface area contributed by atoms with Crippen molar-refractivity contribution in [2.24, 2.45) is 0 Å². The summed E-state index contributed by atoms with van der Waals surface area (Å²) in [6.45, 7) is 5.20. The Labute approximate surface area is 90.7 Å². The van der Waals surface area contributed by atoms with E-state index >= 15 is 0 Å². The Hall–Kier alpha value is -0.650. The number of nitrogens with zero attached hydrogens (tertiary/aromatic N) is 1. The van der Waals surface area contributed by atoms with Crippen molar-refractivity contribution in [1.29, 1.82) is 0 Å². The molecule has 2 atom stereocenters. The van der Waals surface area contributed by atoms with Gasteiger partial charge in [0, 0.05) is 19.6 Å². The molecule has 1 saturated heterocycles. The first kappa shape index (κ1) is 12.4. The number of methoxy groups -OCH3 is 1. The summed E-state index contributed by atoms with van der Waals surface area (Å²) in [5.41, 5.74) is 0. The van der Waals surface area contributed by atoms with Crippen LogP contribution >= 0.6 is 0 Å². The largest absolute Gasteiger partial charge is 0.468 e. The summed E-state index contributed by atoms with van der Waals surface area (Å²) in [4.78, 5) is 13.6. The van der Waals surface area contributed by atoms with E-state index < -0.39 is 0 Å². The van der Waals surface area contributed by atoms with Gasteiger partial charge in [-0.2, -0.15) is 0 Å². The monoisotopic (exact) mass is 216 g/mol. The van der Waals surface area contributed by atoms with E-state index in [1.807, 2.05) is 6.92 Å². The summed E-state index contributed by atoms with van der Waals surface area (Å²) >= 11 is 0. The highest BCUT2D eigenvalue weighted by molar-refractivity contribution is 5.75. The molecule has 5 nitrogen and oxygen atoms in total. The van der Waals surface area contributed by atoms with Crippen molar-refractivity contribution in [2.45, 2.75) is 19.1 Å². The van der Waals surface area contributed by atoms with E-state index in [4.69, 9.17) is 9.47 Å². The van der Waals surface area contributed by atoms with Crippen LogP contribution in [0.3, 0.4) is 0 Å². The molecule has 15 heavy (non-hydrogen) atoms. The second-order valence-electron chi connectivity index (χ2n) is 3.81. The zero-order chi connectivity index (χ0) is 11.3. The van der Waals surface area contributed by atoms with Crippen LogP contribution in [0.25, 0.3) is 0 Å². The fourth-order valence-electron chi connectivity index (χ4n) is 1.74. The van der Waals surface area contributed by atoms with Crippen molar-refractivity contribution < 1.29 is 14.3 Å². The molecule has 0 aliphatic carbocycles. The minimum Gasteiger partial charge on any atom is -0.468 e. The van der Waals surface area contributed by atoms with Crippen LogP contribution in [0.1, 0.15) is 6.92 Å². The maximum absolute atomic E-state index is 11.4. The van der Waals surface area contributed by atoms with Crippen LogP contribution in [0.5, 0.6) is 0 Å². The summed E-state index contributed by atoms with van der Waals surface area (Å²) in [6.07, 6.45) is 0.244. The first-order chi connectivity index (χ1) is 7.17. The number of carbonyl (C=O) groups excluding carboxylic acids is 1. The third-order valence-corrected chi connectivity index (χ3v) is 2.60. The van der Waals surface area contributed by atoms with E-state index in [0.29, 0.717) is 6.54 Å². The number of morpholine rings is 1. The highest BCUT2D eigenvalue weighted by atomic mass is 16.5. The first-order valence-electron chi connectivity index (χ1n) is 5.26. The summed E-state index contributed by atoms with van der Waals surface area (Å²) in [5.74, 6) is -0.211. The molecule has 0 spiro atoms. The fraction of sp³-hybridized carbons (Fsp3) is 0.900. The first-order valence-corrected chi connectivity index (χ1v) is 5.26. The molecule has 0 saturated carbocycles. The van der Waals surface area contributed by atoms with Gasteiger partial charge >= 0.3 is 5.97 Å². The molecule has 0 aromatic heterocycles. The average molecular weight is 216 g/mol. The van der Waals surface area contributed by atoms with Crippen LogP contribution in [0.2, 0.25) is 0 Å². The Kier molecular flexibility index (Phi) is 5.01.